The van der Waals surface area contributed by atoms with Crippen LogP contribution in [0.3, 0.4) is 0 Å². The summed E-state index contributed by atoms with van der Waals surface area (Å²) in [6.07, 6.45) is 0.980. The number of halogens is 2. The number of anilines is 1. The monoisotopic (exact) mass is 461 g/mol. The van der Waals surface area contributed by atoms with Crippen LogP contribution in [0.25, 0.3) is 11.0 Å². The molecule has 2 aromatic heterocycles. The van der Waals surface area contributed by atoms with Crippen LogP contribution >= 0.6 is 34.7 Å². The lowest BCUT2D eigenvalue weighted by atomic mass is 10.3. The standard InChI is InChI=1S/C20H17ClFN5OS2/c1-2-9-27-16-8-3-12(21)10-15(16)24-20(27)29-11-17-25-26-19(30-17)18(28)23-14-6-4-13(22)5-7-14/h3-8,10H,2,9,11H2,1H3,(H,23,28). The van der Waals surface area contributed by atoms with Gasteiger partial charge in [-0.15, -0.1) is 10.2 Å². The molecule has 2 heterocycles. The molecular weight excluding hydrogens is 445 g/mol. The lowest BCUT2D eigenvalue weighted by Gasteiger charge is -2.06. The molecule has 0 unspecified atom stereocenters. The quantitative estimate of drug-likeness (QED) is 0.361. The van der Waals surface area contributed by atoms with Crippen molar-refractivity contribution in [2.75, 3.05) is 5.32 Å². The van der Waals surface area contributed by atoms with Crippen molar-refractivity contribution >= 4 is 57.3 Å². The maximum atomic E-state index is 13.0. The Labute approximate surface area is 185 Å². The molecule has 6 nitrogen and oxygen atoms in total. The van der Waals surface area contributed by atoms with E-state index in [-0.39, 0.29) is 16.7 Å². The molecule has 0 aliphatic carbocycles. The molecule has 0 spiro atoms. The Hall–Kier alpha value is -2.49. The van der Waals surface area contributed by atoms with Gasteiger partial charge in [0.15, 0.2) is 5.16 Å². The van der Waals surface area contributed by atoms with E-state index in [2.05, 4.69) is 27.0 Å². The number of carbonyl (C=O) groups excluding carboxylic acids is 1. The molecule has 4 rings (SSSR count). The van der Waals surface area contributed by atoms with Gasteiger partial charge >= 0.3 is 0 Å². The van der Waals surface area contributed by atoms with Crippen LogP contribution in [0.5, 0.6) is 0 Å². The average molecular weight is 462 g/mol. The van der Waals surface area contributed by atoms with Crippen LogP contribution in [0.1, 0.15) is 28.2 Å². The number of rotatable bonds is 7. The highest BCUT2D eigenvalue weighted by Crippen LogP contribution is 2.29. The van der Waals surface area contributed by atoms with E-state index < -0.39 is 0 Å². The number of hydrogen-bond acceptors (Lipinski definition) is 6. The van der Waals surface area contributed by atoms with Crippen LogP contribution in [0, 0.1) is 5.82 Å². The maximum Gasteiger partial charge on any atom is 0.286 e. The van der Waals surface area contributed by atoms with Crippen molar-refractivity contribution < 1.29 is 9.18 Å². The van der Waals surface area contributed by atoms with Gasteiger partial charge in [0, 0.05) is 17.3 Å². The van der Waals surface area contributed by atoms with E-state index >= 15 is 0 Å². The minimum absolute atomic E-state index is 0.253. The van der Waals surface area contributed by atoms with E-state index in [1.807, 2.05) is 18.2 Å². The van der Waals surface area contributed by atoms with Crippen molar-refractivity contribution in [3.8, 4) is 0 Å². The molecular formula is C20H17ClFN5OS2. The molecule has 1 amide bonds. The minimum Gasteiger partial charge on any atom is -0.320 e. The van der Waals surface area contributed by atoms with E-state index in [0.717, 1.165) is 34.2 Å². The Kier molecular flexibility index (Phi) is 6.31. The molecule has 4 aromatic rings. The van der Waals surface area contributed by atoms with Crippen molar-refractivity contribution in [2.24, 2.45) is 0 Å². The predicted molar refractivity (Wildman–Crippen MR) is 119 cm³/mol. The summed E-state index contributed by atoms with van der Waals surface area (Å²) < 4.78 is 15.2. The predicted octanol–water partition coefficient (Wildman–Crippen LogP) is 5.63. The number of nitrogens with zero attached hydrogens (tertiary/aromatic N) is 4. The zero-order valence-electron chi connectivity index (χ0n) is 15.9. The average Bonchev–Trinajstić information content (AvgIpc) is 3.33. The van der Waals surface area contributed by atoms with Crippen LogP contribution in [-0.4, -0.2) is 25.7 Å². The first-order valence-electron chi connectivity index (χ1n) is 9.21. The number of benzene rings is 2. The van der Waals surface area contributed by atoms with E-state index in [9.17, 15) is 9.18 Å². The topological polar surface area (TPSA) is 72.7 Å². The third-order valence-corrected chi connectivity index (χ3v) is 6.54. The molecule has 0 bridgehead atoms. The Bertz CT molecular complexity index is 1190. The number of imidazole rings is 1. The van der Waals surface area contributed by atoms with Gasteiger partial charge < -0.3 is 9.88 Å². The van der Waals surface area contributed by atoms with E-state index in [1.54, 1.807) is 11.8 Å². The number of thioether (sulfide) groups is 1. The summed E-state index contributed by atoms with van der Waals surface area (Å²) in [4.78, 5) is 17.0. The zero-order valence-corrected chi connectivity index (χ0v) is 18.3. The Balaban J connectivity index is 1.46. The maximum absolute atomic E-state index is 13.0. The summed E-state index contributed by atoms with van der Waals surface area (Å²) >= 11 is 8.87. The molecule has 30 heavy (non-hydrogen) atoms. The normalized spacial score (nSPS) is 11.2. The molecule has 0 radical (unpaired) electrons. The first-order chi connectivity index (χ1) is 14.5. The van der Waals surface area contributed by atoms with Gasteiger partial charge in [0.1, 0.15) is 10.8 Å². The third-order valence-electron chi connectivity index (χ3n) is 4.21. The third kappa shape index (κ3) is 4.63. The first kappa shape index (κ1) is 20.8. The second kappa shape index (κ2) is 9.11. The van der Waals surface area contributed by atoms with Crippen LogP contribution in [0.15, 0.2) is 47.6 Å². The molecule has 0 saturated heterocycles. The van der Waals surface area contributed by atoms with Crippen LogP contribution in [-0.2, 0) is 12.3 Å². The summed E-state index contributed by atoms with van der Waals surface area (Å²) in [5.74, 6) is -0.190. The van der Waals surface area contributed by atoms with E-state index in [1.165, 1.54) is 35.6 Å². The summed E-state index contributed by atoms with van der Waals surface area (Å²) in [6.45, 7) is 2.97. The Morgan fingerprint density at radius 2 is 2.03 bits per heavy atom. The highest BCUT2D eigenvalue weighted by molar-refractivity contribution is 7.98. The summed E-state index contributed by atoms with van der Waals surface area (Å²) in [5, 5.41) is 13.3. The van der Waals surface area contributed by atoms with Gasteiger partial charge in [-0.2, -0.15) is 0 Å². The van der Waals surface area contributed by atoms with Gasteiger partial charge in [0.25, 0.3) is 5.91 Å². The minimum atomic E-state index is -0.372. The van der Waals surface area contributed by atoms with Gasteiger partial charge in [0.2, 0.25) is 5.01 Å². The molecule has 0 aliphatic heterocycles. The highest BCUT2D eigenvalue weighted by Gasteiger charge is 2.16. The van der Waals surface area contributed by atoms with Crippen LogP contribution in [0.4, 0.5) is 10.1 Å². The Morgan fingerprint density at radius 1 is 1.23 bits per heavy atom. The summed E-state index contributed by atoms with van der Waals surface area (Å²) in [5.41, 5.74) is 2.40. The van der Waals surface area contributed by atoms with E-state index in [0.29, 0.717) is 16.5 Å². The number of hydrogen-bond donors (Lipinski definition) is 1. The molecule has 2 aromatic carbocycles. The van der Waals surface area contributed by atoms with Gasteiger partial charge in [-0.05, 0) is 48.9 Å². The van der Waals surface area contributed by atoms with Crippen molar-refractivity contribution in [1.29, 1.82) is 0 Å². The van der Waals surface area contributed by atoms with Crippen LogP contribution < -0.4 is 5.32 Å². The molecule has 10 heteroatoms. The highest BCUT2D eigenvalue weighted by atomic mass is 35.5. The number of aryl methyl sites for hydroxylation is 1. The number of carbonyl (C=O) groups is 1. The fourth-order valence-electron chi connectivity index (χ4n) is 2.88. The first-order valence-corrected chi connectivity index (χ1v) is 11.4. The van der Waals surface area contributed by atoms with Crippen molar-refractivity contribution in [2.45, 2.75) is 30.8 Å². The van der Waals surface area contributed by atoms with E-state index in [4.69, 9.17) is 16.6 Å². The largest absolute Gasteiger partial charge is 0.320 e. The number of nitrogens with one attached hydrogen (secondary N) is 1. The summed E-state index contributed by atoms with van der Waals surface area (Å²) in [7, 11) is 0. The van der Waals surface area contributed by atoms with Crippen LogP contribution in [0.2, 0.25) is 5.02 Å². The summed E-state index contributed by atoms with van der Waals surface area (Å²) in [6, 6.07) is 11.3. The van der Waals surface area contributed by atoms with Gasteiger partial charge in [-0.1, -0.05) is 41.6 Å². The van der Waals surface area contributed by atoms with Crippen molar-refractivity contribution in [1.82, 2.24) is 19.7 Å². The van der Waals surface area contributed by atoms with Gasteiger partial charge in [-0.25, -0.2) is 9.37 Å². The number of amides is 1. The molecule has 0 fully saturated rings. The zero-order chi connectivity index (χ0) is 21.1. The fourth-order valence-corrected chi connectivity index (χ4v) is 4.81. The molecule has 0 aliphatic rings. The molecule has 0 saturated carbocycles. The fraction of sp³-hybridized carbons (Fsp3) is 0.200. The molecule has 0 atom stereocenters. The lowest BCUT2D eigenvalue weighted by molar-refractivity contribution is 0.102. The molecule has 154 valence electrons. The lowest BCUT2D eigenvalue weighted by Crippen LogP contribution is -2.11. The number of fused-ring (bicyclic) bond motifs is 1. The second-order valence-electron chi connectivity index (χ2n) is 6.43. The van der Waals surface area contributed by atoms with Crippen molar-refractivity contribution in [3.05, 3.63) is 63.3 Å². The second-order valence-corrected chi connectivity index (χ2v) is 8.87. The van der Waals surface area contributed by atoms with Gasteiger partial charge in [-0.3, -0.25) is 4.79 Å². The van der Waals surface area contributed by atoms with Crippen molar-refractivity contribution in [3.63, 3.8) is 0 Å². The SMILES string of the molecule is CCCn1c(SCc2nnc(C(=O)Nc3ccc(F)cc3)s2)nc2cc(Cl)ccc21. The van der Waals surface area contributed by atoms with Gasteiger partial charge in [0.05, 0.1) is 16.8 Å². The smallest absolute Gasteiger partial charge is 0.286 e. The Morgan fingerprint density at radius 3 is 2.80 bits per heavy atom. The number of aromatic nitrogens is 4. The molecule has 1 N–H and O–H groups in total.